The lowest BCUT2D eigenvalue weighted by molar-refractivity contribution is 0.0729. The minimum absolute atomic E-state index is 0.0630. The standard InChI is InChI=1S/C18H17N5O/c24-18(16-13-23(21-20-16)15-7-2-1-3-8-15)22-11-5-9-17(22)14-6-4-10-19-12-14/h1-4,6-8,10,12-13,17H,5,9,11H2/t17-/m0/s1. The highest BCUT2D eigenvalue weighted by Gasteiger charge is 2.32. The number of para-hydroxylation sites is 1. The lowest BCUT2D eigenvalue weighted by Gasteiger charge is -2.23. The van der Waals surface area contributed by atoms with E-state index in [0.717, 1.165) is 30.6 Å². The molecule has 1 aromatic carbocycles. The molecule has 6 nitrogen and oxygen atoms in total. The summed E-state index contributed by atoms with van der Waals surface area (Å²) in [5.41, 5.74) is 2.32. The van der Waals surface area contributed by atoms with Gasteiger partial charge in [-0.15, -0.1) is 5.10 Å². The normalized spacial score (nSPS) is 17.2. The van der Waals surface area contributed by atoms with Gasteiger partial charge in [0.2, 0.25) is 0 Å². The summed E-state index contributed by atoms with van der Waals surface area (Å²) >= 11 is 0. The predicted octanol–water partition coefficient (Wildman–Crippen LogP) is 2.64. The van der Waals surface area contributed by atoms with E-state index in [9.17, 15) is 4.79 Å². The lowest BCUT2D eigenvalue weighted by Crippen LogP contribution is -2.30. The van der Waals surface area contributed by atoms with Gasteiger partial charge >= 0.3 is 0 Å². The molecule has 0 spiro atoms. The van der Waals surface area contributed by atoms with Gasteiger partial charge in [-0.25, -0.2) is 4.68 Å². The first-order valence-electron chi connectivity index (χ1n) is 8.01. The van der Waals surface area contributed by atoms with Gasteiger partial charge in [-0.3, -0.25) is 9.78 Å². The fraction of sp³-hybridized carbons (Fsp3) is 0.222. The fourth-order valence-corrected chi connectivity index (χ4v) is 3.15. The van der Waals surface area contributed by atoms with Gasteiger partial charge in [-0.2, -0.15) is 0 Å². The minimum atomic E-state index is -0.0801. The average molecular weight is 319 g/mol. The molecule has 0 unspecified atom stereocenters. The van der Waals surface area contributed by atoms with E-state index in [1.165, 1.54) is 0 Å². The number of pyridine rings is 1. The summed E-state index contributed by atoms with van der Waals surface area (Å²) in [5, 5.41) is 8.15. The predicted molar refractivity (Wildman–Crippen MR) is 88.6 cm³/mol. The van der Waals surface area contributed by atoms with Crippen LogP contribution < -0.4 is 0 Å². The molecule has 0 radical (unpaired) electrons. The number of aromatic nitrogens is 4. The van der Waals surface area contributed by atoms with E-state index >= 15 is 0 Å². The Hall–Kier alpha value is -3.02. The van der Waals surface area contributed by atoms with Crippen LogP contribution in [-0.4, -0.2) is 37.3 Å². The lowest BCUT2D eigenvalue weighted by atomic mass is 10.1. The van der Waals surface area contributed by atoms with E-state index in [2.05, 4.69) is 15.3 Å². The maximum atomic E-state index is 12.9. The first kappa shape index (κ1) is 14.6. The highest BCUT2D eigenvalue weighted by molar-refractivity contribution is 5.92. The van der Waals surface area contributed by atoms with Crippen LogP contribution >= 0.6 is 0 Å². The molecule has 0 saturated carbocycles. The first-order chi connectivity index (χ1) is 11.8. The van der Waals surface area contributed by atoms with Gasteiger partial charge in [0.05, 0.1) is 17.9 Å². The van der Waals surface area contributed by atoms with E-state index < -0.39 is 0 Å². The number of benzene rings is 1. The average Bonchev–Trinajstić information content (AvgIpc) is 3.32. The summed E-state index contributed by atoms with van der Waals surface area (Å²) in [4.78, 5) is 18.9. The highest BCUT2D eigenvalue weighted by Crippen LogP contribution is 2.32. The van der Waals surface area contributed by atoms with Crippen molar-refractivity contribution in [1.82, 2.24) is 24.9 Å². The van der Waals surface area contributed by atoms with Crippen LogP contribution in [-0.2, 0) is 0 Å². The van der Waals surface area contributed by atoms with Crippen LogP contribution in [0.15, 0.2) is 61.1 Å². The number of hydrogen-bond donors (Lipinski definition) is 0. The Kier molecular flexibility index (Phi) is 3.78. The van der Waals surface area contributed by atoms with Gasteiger partial charge in [-0.05, 0) is 36.6 Å². The monoisotopic (exact) mass is 319 g/mol. The Morgan fingerprint density at radius 3 is 2.79 bits per heavy atom. The van der Waals surface area contributed by atoms with Gasteiger partial charge < -0.3 is 4.90 Å². The van der Waals surface area contributed by atoms with Crippen molar-refractivity contribution in [2.45, 2.75) is 18.9 Å². The molecule has 0 bridgehead atoms. The molecule has 1 atom stereocenters. The van der Waals surface area contributed by atoms with E-state index in [-0.39, 0.29) is 11.9 Å². The quantitative estimate of drug-likeness (QED) is 0.744. The summed E-state index contributed by atoms with van der Waals surface area (Å²) in [6.45, 7) is 0.733. The molecule has 4 rings (SSSR count). The molecule has 1 amide bonds. The number of hydrogen-bond acceptors (Lipinski definition) is 4. The summed E-state index contributed by atoms with van der Waals surface area (Å²) < 4.78 is 1.63. The second kappa shape index (κ2) is 6.23. The number of amides is 1. The zero-order chi connectivity index (χ0) is 16.4. The molecule has 3 heterocycles. The molecule has 1 aliphatic heterocycles. The summed E-state index contributed by atoms with van der Waals surface area (Å²) in [6.07, 6.45) is 7.20. The zero-order valence-electron chi connectivity index (χ0n) is 13.1. The summed E-state index contributed by atoms with van der Waals surface area (Å²) in [6, 6.07) is 13.6. The van der Waals surface area contributed by atoms with Crippen LogP contribution in [0.4, 0.5) is 0 Å². The fourth-order valence-electron chi connectivity index (χ4n) is 3.15. The van der Waals surface area contributed by atoms with E-state index in [0.29, 0.717) is 5.69 Å². The van der Waals surface area contributed by atoms with Crippen molar-refractivity contribution >= 4 is 5.91 Å². The third kappa shape index (κ3) is 2.67. The van der Waals surface area contributed by atoms with Crippen molar-refractivity contribution in [3.63, 3.8) is 0 Å². The Balaban J connectivity index is 1.58. The number of likely N-dealkylation sites (tertiary alicyclic amines) is 1. The van der Waals surface area contributed by atoms with Crippen LogP contribution in [0, 0.1) is 0 Å². The van der Waals surface area contributed by atoms with Crippen molar-refractivity contribution in [2.75, 3.05) is 6.54 Å². The Labute approximate surface area is 139 Å². The van der Waals surface area contributed by atoms with Gasteiger partial charge in [0.25, 0.3) is 5.91 Å². The molecule has 1 saturated heterocycles. The molecular formula is C18H17N5O. The van der Waals surface area contributed by atoms with Crippen molar-refractivity contribution in [1.29, 1.82) is 0 Å². The van der Waals surface area contributed by atoms with Crippen LogP contribution in [0.25, 0.3) is 5.69 Å². The van der Waals surface area contributed by atoms with Gasteiger partial charge in [0.15, 0.2) is 5.69 Å². The van der Waals surface area contributed by atoms with E-state index in [4.69, 9.17) is 0 Å². The van der Waals surface area contributed by atoms with Crippen molar-refractivity contribution in [3.8, 4) is 5.69 Å². The smallest absolute Gasteiger partial charge is 0.276 e. The van der Waals surface area contributed by atoms with Crippen LogP contribution in [0.5, 0.6) is 0 Å². The molecule has 2 aromatic heterocycles. The topological polar surface area (TPSA) is 63.9 Å². The van der Waals surface area contributed by atoms with Crippen molar-refractivity contribution in [3.05, 3.63) is 72.3 Å². The second-order valence-electron chi connectivity index (χ2n) is 5.83. The molecule has 0 aliphatic carbocycles. The van der Waals surface area contributed by atoms with E-state index in [1.807, 2.05) is 53.6 Å². The number of rotatable bonds is 3. The SMILES string of the molecule is O=C(c1cn(-c2ccccc2)nn1)N1CCC[C@H]1c1cccnc1. The molecule has 1 fully saturated rings. The van der Waals surface area contributed by atoms with Gasteiger partial charge in [-0.1, -0.05) is 29.5 Å². The van der Waals surface area contributed by atoms with Crippen molar-refractivity contribution < 1.29 is 4.79 Å². The maximum absolute atomic E-state index is 12.9. The molecule has 0 N–H and O–H groups in total. The molecule has 3 aromatic rings. The minimum Gasteiger partial charge on any atom is -0.330 e. The third-order valence-electron chi connectivity index (χ3n) is 4.32. The highest BCUT2D eigenvalue weighted by atomic mass is 16.2. The van der Waals surface area contributed by atoms with Crippen LogP contribution in [0.2, 0.25) is 0 Å². The van der Waals surface area contributed by atoms with Crippen molar-refractivity contribution in [2.24, 2.45) is 0 Å². The Bertz CT molecular complexity index is 831. The molecule has 24 heavy (non-hydrogen) atoms. The number of nitrogens with zero attached hydrogens (tertiary/aromatic N) is 5. The van der Waals surface area contributed by atoms with Crippen LogP contribution in [0.3, 0.4) is 0 Å². The summed E-state index contributed by atoms with van der Waals surface area (Å²) in [7, 11) is 0. The molecule has 1 aliphatic rings. The third-order valence-corrected chi connectivity index (χ3v) is 4.32. The van der Waals surface area contributed by atoms with Gasteiger partial charge in [0.1, 0.15) is 0 Å². The number of carbonyl (C=O) groups excluding carboxylic acids is 1. The maximum Gasteiger partial charge on any atom is 0.276 e. The van der Waals surface area contributed by atoms with Crippen LogP contribution in [0.1, 0.15) is 34.9 Å². The largest absolute Gasteiger partial charge is 0.330 e. The van der Waals surface area contributed by atoms with Gasteiger partial charge in [0, 0.05) is 18.9 Å². The Morgan fingerprint density at radius 1 is 1.12 bits per heavy atom. The van der Waals surface area contributed by atoms with E-state index in [1.54, 1.807) is 17.1 Å². The molecular weight excluding hydrogens is 302 g/mol. The first-order valence-corrected chi connectivity index (χ1v) is 8.01. The second-order valence-corrected chi connectivity index (χ2v) is 5.83. The zero-order valence-corrected chi connectivity index (χ0v) is 13.1. The summed E-state index contributed by atoms with van der Waals surface area (Å²) in [5.74, 6) is -0.0801. The Morgan fingerprint density at radius 2 is 2.00 bits per heavy atom. The molecule has 120 valence electrons. The molecule has 6 heteroatoms. The number of carbonyl (C=O) groups is 1.